The number of carbonyl (C=O) groups excluding carboxylic acids is 2. The van der Waals surface area contributed by atoms with Gasteiger partial charge in [0.1, 0.15) is 0 Å². The maximum absolute atomic E-state index is 12.7. The Labute approximate surface area is 169 Å². The fraction of sp³-hybridized carbons (Fsp3) is 0.217. The number of Topliss-reactive ketones (excluding diaryl/α,β-unsaturated/α-hetero) is 1. The molecular weight excluding hydrogens is 368 g/mol. The second-order valence-electron chi connectivity index (χ2n) is 6.87. The van der Waals surface area contributed by atoms with Crippen molar-refractivity contribution in [2.45, 2.75) is 32.9 Å². The molecule has 1 aromatic heterocycles. The Morgan fingerprint density at radius 2 is 1.75 bits per heavy atom. The Balaban J connectivity index is 1.75. The summed E-state index contributed by atoms with van der Waals surface area (Å²) in [7, 11) is 0. The van der Waals surface area contributed by atoms with Crippen LogP contribution in [0.2, 0.25) is 0 Å². The van der Waals surface area contributed by atoms with Gasteiger partial charge in [0.05, 0.1) is 12.1 Å². The molecule has 3 aromatic rings. The molecule has 0 fully saturated rings. The summed E-state index contributed by atoms with van der Waals surface area (Å²) in [4.78, 5) is 25.4. The van der Waals surface area contributed by atoms with Gasteiger partial charge in [-0.3, -0.25) is 14.9 Å². The largest absolute Gasteiger partial charge is 0.325 e. The van der Waals surface area contributed by atoms with Crippen molar-refractivity contribution in [1.82, 2.24) is 5.32 Å². The van der Waals surface area contributed by atoms with E-state index in [1.165, 1.54) is 12.5 Å². The number of nitrogens with one attached hydrogen (secondary N) is 2. The number of amides is 1. The van der Waals surface area contributed by atoms with Gasteiger partial charge in [-0.2, -0.15) is 0 Å². The van der Waals surface area contributed by atoms with E-state index in [-0.39, 0.29) is 17.7 Å². The zero-order chi connectivity index (χ0) is 20.1. The van der Waals surface area contributed by atoms with Crippen LogP contribution < -0.4 is 10.6 Å². The Kier molecular flexibility index (Phi) is 6.39. The van der Waals surface area contributed by atoms with Gasteiger partial charge in [-0.1, -0.05) is 48.0 Å². The lowest BCUT2D eigenvalue weighted by atomic mass is 10.0. The third-order valence-corrected chi connectivity index (χ3v) is 5.52. The minimum absolute atomic E-state index is 0.0283. The SMILES string of the molecule is CC(=O)c1cccc(NC(=O)[C@H](C)N[C@@H](c2ccc(C)cc2)c2cccs2)c1. The van der Waals surface area contributed by atoms with Gasteiger partial charge in [0.25, 0.3) is 0 Å². The van der Waals surface area contributed by atoms with Crippen molar-refractivity contribution in [3.8, 4) is 0 Å². The summed E-state index contributed by atoms with van der Waals surface area (Å²) in [5.41, 5.74) is 3.51. The maximum atomic E-state index is 12.7. The fourth-order valence-corrected chi connectivity index (χ4v) is 3.76. The standard InChI is InChI=1S/C23H24N2O2S/c1-15-9-11-18(12-10-15)22(21-8-5-13-28-21)24-16(2)23(27)25-20-7-4-6-19(14-20)17(3)26/h4-14,16,22,24H,1-3H3,(H,25,27)/t16-,22-/m0/s1. The van der Waals surface area contributed by atoms with Crippen LogP contribution in [0, 0.1) is 6.92 Å². The number of hydrogen-bond donors (Lipinski definition) is 2. The highest BCUT2D eigenvalue weighted by atomic mass is 32.1. The Bertz CT molecular complexity index is 949. The number of hydrogen-bond acceptors (Lipinski definition) is 4. The molecule has 3 rings (SSSR count). The van der Waals surface area contributed by atoms with Gasteiger partial charge in [-0.05, 0) is 49.9 Å². The van der Waals surface area contributed by atoms with Crippen molar-refractivity contribution in [1.29, 1.82) is 0 Å². The molecule has 28 heavy (non-hydrogen) atoms. The van der Waals surface area contributed by atoms with Gasteiger partial charge in [0, 0.05) is 16.1 Å². The molecule has 1 amide bonds. The molecule has 0 unspecified atom stereocenters. The van der Waals surface area contributed by atoms with Crippen LogP contribution in [0.15, 0.2) is 66.0 Å². The van der Waals surface area contributed by atoms with Crippen molar-refractivity contribution in [2.75, 3.05) is 5.32 Å². The second-order valence-corrected chi connectivity index (χ2v) is 7.85. The summed E-state index contributed by atoms with van der Waals surface area (Å²) in [6.07, 6.45) is 0. The van der Waals surface area contributed by atoms with E-state index < -0.39 is 6.04 Å². The van der Waals surface area contributed by atoms with Gasteiger partial charge in [0.2, 0.25) is 5.91 Å². The van der Waals surface area contributed by atoms with Crippen LogP contribution >= 0.6 is 11.3 Å². The van der Waals surface area contributed by atoms with Crippen LogP contribution in [-0.4, -0.2) is 17.7 Å². The predicted octanol–water partition coefficient (Wildman–Crippen LogP) is 4.97. The van der Waals surface area contributed by atoms with Gasteiger partial charge < -0.3 is 5.32 Å². The molecule has 2 aromatic carbocycles. The molecule has 0 saturated heterocycles. The topological polar surface area (TPSA) is 58.2 Å². The first kappa shape index (κ1) is 20.0. The molecule has 0 bridgehead atoms. The molecule has 0 aliphatic rings. The Morgan fingerprint density at radius 3 is 2.39 bits per heavy atom. The molecule has 0 saturated carbocycles. The number of thiophene rings is 1. The number of anilines is 1. The molecule has 5 heteroatoms. The smallest absolute Gasteiger partial charge is 0.241 e. The molecule has 4 nitrogen and oxygen atoms in total. The predicted molar refractivity (Wildman–Crippen MR) is 115 cm³/mol. The first-order valence-electron chi connectivity index (χ1n) is 9.22. The molecule has 2 atom stereocenters. The van der Waals surface area contributed by atoms with Crippen molar-refractivity contribution in [2.24, 2.45) is 0 Å². The first-order chi connectivity index (χ1) is 13.4. The van der Waals surface area contributed by atoms with Crippen LogP contribution in [0.25, 0.3) is 0 Å². The quantitative estimate of drug-likeness (QED) is 0.559. The molecule has 1 heterocycles. The molecule has 0 aliphatic carbocycles. The highest BCUT2D eigenvalue weighted by Crippen LogP contribution is 2.27. The van der Waals surface area contributed by atoms with Crippen molar-refractivity contribution >= 4 is 28.7 Å². The summed E-state index contributed by atoms with van der Waals surface area (Å²) in [5, 5.41) is 8.38. The van der Waals surface area contributed by atoms with Crippen LogP contribution in [0.5, 0.6) is 0 Å². The van der Waals surface area contributed by atoms with Crippen molar-refractivity contribution in [3.05, 3.63) is 87.6 Å². The van der Waals surface area contributed by atoms with Crippen molar-refractivity contribution < 1.29 is 9.59 Å². The Hall–Kier alpha value is -2.76. The molecule has 0 spiro atoms. The van der Waals surface area contributed by atoms with Crippen LogP contribution in [-0.2, 0) is 4.79 Å². The number of ketones is 1. The van der Waals surface area contributed by atoms with Crippen LogP contribution in [0.3, 0.4) is 0 Å². The highest BCUT2D eigenvalue weighted by Gasteiger charge is 2.21. The maximum Gasteiger partial charge on any atom is 0.241 e. The summed E-state index contributed by atoms with van der Waals surface area (Å²) in [5.74, 6) is -0.172. The number of aryl methyl sites for hydroxylation is 1. The highest BCUT2D eigenvalue weighted by molar-refractivity contribution is 7.10. The van der Waals surface area contributed by atoms with E-state index in [9.17, 15) is 9.59 Å². The lowest BCUT2D eigenvalue weighted by Gasteiger charge is -2.23. The lowest BCUT2D eigenvalue weighted by molar-refractivity contribution is -0.117. The minimum atomic E-state index is -0.422. The second kappa shape index (κ2) is 8.95. The summed E-state index contributed by atoms with van der Waals surface area (Å²) in [6.45, 7) is 5.42. The summed E-state index contributed by atoms with van der Waals surface area (Å²) >= 11 is 1.66. The van der Waals surface area contributed by atoms with Gasteiger partial charge in [0.15, 0.2) is 5.78 Å². The van der Waals surface area contributed by atoms with E-state index in [2.05, 4.69) is 47.9 Å². The van der Waals surface area contributed by atoms with E-state index in [0.29, 0.717) is 11.3 Å². The average Bonchev–Trinajstić information content (AvgIpc) is 3.21. The van der Waals surface area contributed by atoms with E-state index in [1.807, 2.05) is 18.4 Å². The number of benzene rings is 2. The normalized spacial score (nSPS) is 13.0. The zero-order valence-electron chi connectivity index (χ0n) is 16.2. The molecular formula is C23H24N2O2S. The summed E-state index contributed by atoms with van der Waals surface area (Å²) < 4.78 is 0. The molecule has 0 radical (unpaired) electrons. The molecule has 0 aliphatic heterocycles. The Morgan fingerprint density at radius 1 is 1.00 bits per heavy atom. The van der Waals surface area contributed by atoms with E-state index in [0.717, 1.165) is 10.4 Å². The third kappa shape index (κ3) is 4.94. The van der Waals surface area contributed by atoms with Crippen LogP contribution in [0.4, 0.5) is 5.69 Å². The first-order valence-corrected chi connectivity index (χ1v) is 10.1. The van der Waals surface area contributed by atoms with E-state index in [1.54, 1.807) is 35.6 Å². The zero-order valence-corrected chi connectivity index (χ0v) is 17.0. The molecule has 144 valence electrons. The fourth-order valence-electron chi connectivity index (χ4n) is 2.95. The van der Waals surface area contributed by atoms with E-state index >= 15 is 0 Å². The minimum Gasteiger partial charge on any atom is -0.325 e. The third-order valence-electron chi connectivity index (χ3n) is 4.58. The number of carbonyl (C=O) groups is 2. The van der Waals surface area contributed by atoms with Crippen LogP contribution in [0.1, 0.15) is 46.3 Å². The van der Waals surface area contributed by atoms with Gasteiger partial charge in [-0.15, -0.1) is 11.3 Å². The van der Waals surface area contributed by atoms with E-state index in [4.69, 9.17) is 0 Å². The summed E-state index contributed by atoms with van der Waals surface area (Å²) in [6, 6.07) is 18.9. The lowest BCUT2D eigenvalue weighted by Crippen LogP contribution is -2.40. The monoisotopic (exact) mass is 392 g/mol. The van der Waals surface area contributed by atoms with Gasteiger partial charge in [-0.25, -0.2) is 0 Å². The van der Waals surface area contributed by atoms with Gasteiger partial charge >= 0.3 is 0 Å². The number of rotatable bonds is 7. The average molecular weight is 393 g/mol. The molecule has 2 N–H and O–H groups in total. The van der Waals surface area contributed by atoms with Crippen molar-refractivity contribution in [3.63, 3.8) is 0 Å².